The van der Waals surface area contributed by atoms with Gasteiger partial charge in [-0.05, 0) is 37.3 Å². The summed E-state index contributed by atoms with van der Waals surface area (Å²) in [4.78, 5) is 26.5. The first-order valence-electron chi connectivity index (χ1n) is 8.66. The van der Waals surface area contributed by atoms with Crippen molar-refractivity contribution in [2.75, 3.05) is 26.3 Å². The van der Waals surface area contributed by atoms with Crippen molar-refractivity contribution >= 4 is 18.0 Å². The molecule has 2 aromatic carbocycles. The molecule has 1 aliphatic rings. The fourth-order valence-electron chi connectivity index (χ4n) is 2.70. The van der Waals surface area contributed by atoms with Crippen molar-refractivity contribution in [2.24, 2.45) is 0 Å². The van der Waals surface area contributed by atoms with Crippen LogP contribution in [0.15, 0.2) is 48.5 Å². The topological polar surface area (TPSA) is 55.8 Å². The van der Waals surface area contributed by atoms with E-state index in [4.69, 9.17) is 9.47 Å². The minimum atomic E-state index is -0.519. The van der Waals surface area contributed by atoms with Crippen LogP contribution < -0.4 is 4.74 Å². The number of benzene rings is 2. The molecule has 140 valence electrons. The van der Waals surface area contributed by atoms with Crippen LogP contribution >= 0.6 is 0 Å². The van der Waals surface area contributed by atoms with E-state index in [1.165, 1.54) is 23.1 Å². The molecule has 5 nitrogen and oxygen atoms in total. The van der Waals surface area contributed by atoms with Crippen LogP contribution in [0.1, 0.15) is 21.5 Å². The Bertz CT molecular complexity index is 872. The summed E-state index contributed by atoms with van der Waals surface area (Å²) in [7, 11) is 0. The standard InChI is InChI=1S/C21H20FNO4/c1-15-6-9-20(27-21(25)23-10-12-26-13-11-23)17(14-15)19(24)8-7-16-4-2-3-5-18(16)22/h2-9,14H,10-13H2,1H3/b8-7+. The minimum absolute atomic E-state index is 0.181. The highest BCUT2D eigenvalue weighted by Crippen LogP contribution is 2.23. The molecular formula is C21H20FNO4. The Hall–Kier alpha value is -2.99. The smallest absolute Gasteiger partial charge is 0.409 e. The largest absolute Gasteiger partial charge is 0.415 e. The second-order valence-electron chi connectivity index (χ2n) is 6.19. The van der Waals surface area contributed by atoms with Crippen molar-refractivity contribution in [2.45, 2.75) is 6.92 Å². The summed E-state index contributed by atoms with van der Waals surface area (Å²) in [5.41, 5.74) is 1.42. The summed E-state index contributed by atoms with van der Waals surface area (Å²) in [6, 6.07) is 11.2. The molecule has 0 spiro atoms. The molecule has 0 aliphatic carbocycles. The number of rotatable bonds is 4. The van der Waals surface area contributed by atoms with Crippen LogP contribution in [0.2, 0.25) is 0 Å². The van der Waals surface area contributed by atoms with Crippen molar-refractivity contribution in [1.82, 2.24) is 4.90 Å². The SMILES string of the molecule is Cc1ccc(OC(=O)N2CCOCC2)c(C(=O)/C=C/c2ccccc2F)c1. The molecule has 27 heavy (non-hydrogen) atoms. The van der Waals surface area contributed by atoms with Crippen LogP contribution in [-0.4, -0.2) is 43.1 Å². The van der Waals surface area contributed by atoms with Crippen LogP contribution in [0.4, 0.5) is 9.18 Å². The Morgan fingerprint density at radius 2 is 1.89 bits per heavy atom. The summed E-state index contributed by atoms with van der Waals surface area (Å²) in [5.74, 6) is -0.600. The lowest BCUT2D eigenvalue weighted by molar-refractivity contribution is 0.0415. The van der Waals surface area contributed by atoms with Crippen LogP contribution in [0, 0.1) is 12.7 Å². The molecule has 0 radical (unpaired) electrons. The van der Waals surface area contributed by atoms with Crippen LogP contribution in [0.25, 0.3) is 6.08 Å². The molecule has 1 aliphatic heterocycles. The predicted octanol–water partition coefficient (Wildman–Crippen LogP) is 3.86. The molecule has 6 heteroatoms. The number of carbonyl (C=O) groups is 2. The highest BCUT2D eigenvalue weighted by molar-refractivity contribution is 6.09. The maximum atomic E-state index is 13.7. The van der Waals surface area contributed by atoms with Crippen molar-refractivity contribution in [3.05, 3.63) is 71.0 Å². The van der Waals surface area contributed by atoms with Gasteiger partial charge in [-0.1, -0.05) is 29.8 Å². The molecule has 1 amide bonds. The first-order chi connectivity index (χ1) is 13.0. The van der Waals surface area contributed by atoms with Gasteiger partial charge >= 0.3 is 6.09 Å². The van der Waals surface area contributed by atoms with Gasteiger partial charge < -0.3 is 14.4 Å². The Morgan fingerprint density at radius 1 is 1.15 bits per heavy atom. The van der Waals surface area contributed by atoms with E-state index in [0.29, 0.717) is 31.9 Å². The van der Waals surface area contributed by atoms with E-state index in [0.717, 1.165) is 5.56 Å². The summed E-state index contributed by atoms with van der Waals surface area (Å²) in [6.45, 7) is 3.65. The molecule has 0 aromatic heterocycles. The molecule has 0 N–H and O–H groups in total. The lowest BCUT2D eigenvalue weighted by atomic mass is 10.1. The average molecular weight is 369 g/mol. The summed E-state index contributed by atoms with van der Waals surface area (Å²) < 4.78 is 24.4. The Morgan fingerprint density at radius 3 is 2.63 bits per heavy atom. The number of amides is 1. The number of hydrogen-bond donors (Lipinski definition) is 0. The lowest BCUT2D eigenvalue weighted by Gasteiger charge is -2.26. The number of halogens is 1. The third-order valence-corrected chi connectivity index (χ3v) is 4.19. The Labute approximate surface area is 157 Å². The van der Waals surface area contributed by atoms with Gasteiger partial charge in [0.1, 0.15) is 11.6 Å². The summed E-state index contributed by atoms with van der Waals surface area (Å²) in [5, 5.41) is 0. The zero-order chi connectivity index (χ0) is 19.2. The predicted molar refractivity (Wildman–Crippen MR) is 99.4 cm³/mol. The second-order valence-corrected chi connectivity index (χ2v) is 6.19. The highest BCUT2D eigenvalue weighted by Gasteiger charge is 2.21. The zero-order valence-corrected chi connectivity index (χ0v) is 15.0. The maximum absolute atomic E-state index is 13.7. The number of aryl methyl sites for hydroxylation is 1. The molecule has 0 saturated carbocycles. The van der Waals surface area contributed by atoms with Gasteiger partial charge in [0, 0.05) is 18.7 Å². The number of morpholine rings is 1. The quantitative estimate of drug-likeness (QED) is 0.607. The van der Waals surface area contributed by atoms with E-state index in [2.05, 4.69) is 0 Å². The number of ketones is 1. The van der Waals surface area contributed by atoms with Gasteiger partial charge in [-0.15, -0.1) is 0 Å². The van der Waals surface area contributed by atoms with E-state index in [-0.39, 0.29) is 17.1 Å². The Balaban J connectivity index is 1.80. The lowest BCUT2D eigenvalue weighted by Crippen LogP contribution is -2.42. The van der Waals surface area contributed by atoms with E-state index in [1.54, 1.807) is 36.4 Å². The Kier molecular flexibility index (Phi) is 5.98. The highest BCUT2D eigenvalue weighted by atomic mass is 19.1. The van der Waals surface area contributed by atoms with E-state index in [1.807, 2.05) is 6.92 Å². The average Bonchev–Trinajstić information content (AvgIpc) is 2.69. The van der Waals surface area contributed by atoms with Gasteiger partial charge in [0.15, 0.2) is 5.78 Å². The van der Waals surface area contributed by atoms with Crippen molar-refractivity contribution in [3.63, 3.8) is 0 Å². The fraction of sp³-hybridized carbons (Fsp3) is 0.238. The first-order valence-corrected chi connectivity index (χ1v) is 8.66. The summed E-state index contributed by atoms with van der Waals surface area (Å²) in [6.07, 6.45) is 2.17. The van der Waals surface area contributed by atoms with Crippen LogP contribution in [0.3, 0.4) is 0 Å². The van der Waals surface area contributed by atoms with Gasteiger partial charge in [0.05, 0.1) is 18.8 Å². The third kappa shape index (κ3) is 4.80. The van der Waals surface area contributed by atoms with Gasteiger partial charge in [0.2, 0.25) is 0 Å². The van der Waals surface area contributed by atoms with E-state index < -0.39 is 11.9 Å². The molecule has 1 fully saturated rings. The third-order valence-electron chi connectivity index (χ3n) is 4.19. The minimum Gasteiger partial charge on any atom is -0.409 e. The molecule has 2 aromatic rings. The molecular weight excluding hydrogens is 349 g/mol. The molecule has 1 saturated heterocycles. The molecule has 3 rings (SSSR count). The van der Waals surface area contributed by atoms with Crippen LogP contribution in [-0.2, 0) is 4.74 Å². The number of carbonyl (C=O) groups excluding carboxylic acids is 2. The van der Waals surface area contributed by atoms with Gasteiger partial charge in [-0.3, -0.25) is 4.79 Å². The fourth-order valence-corrected chi connectivity index (χ4v) is 2.70. The second kappa shape index (κ2) is 8.60. The number of nitrogens with zero attached hydrogens (tertiary/aromatic N) is 1. The van der Waals surface area contributed by atoms with Gasteiger partial charge in [-0.25, -0.2) is 9.18 Å². The number of ether oxygens (including phenoxy) is 2. The maximum Gasteiger partial charge on any atom is 0.415 e. The monoisotopic (exact) mass is 369 g/mol. The normalized spacial score (nSPS) is 14.4. The van der Waals surface area contributed by atoms with Crippen molar-refractivity contribution < 1.29 is 23.5 Å². The zero-order valence-electron chi connectivity index (χ0n) is 15.0. The number of allylic oxidation sites excluding steroid dienone is 1. The van der Waals surface area contributed by atoms with E-state index >= 15 is 0 Å². The molecule has 0 atom stereocenters. The van der Waals surface area contributed by atoms with Gasteiger partial charge in [0.25, 0.3) is 0 Å². The summed E-state index contributed by atoms with van der Waals surface area (Å²) >= 11 is 0. The van der Waals surface area contributed by atoms with Crippen LogP contribution in [0.5, 0.6) is 5.75 Å². The van der Waals surface area contributed by atoms with Crippen molar-refractivity contribution in [1.29, 1.82) is 0 Å². The molecule has 0 bridgehead atoms. The molecule has 1 heterocycles. The molecule has 0 unspecified atom stereocenters. The first kappa shape index (κ1) is 18.8. The number of hydrogen-bond acceptors (Lipinski definition) is 4. The van der Waals surface area contributed by atoms with Crippen molar-refractivity contribution in [3.8, 4) is 5.75 Å². The van der Waals surface area contributed by atoms with E-state index in [9.17, 15) is 14.0 Å². The van der Waals surface area contributed by atoms with Gasteiger partial charge in [-0.2, -0.15) is 0 Å².